The molecule has 3 heterocycles. The molecule has 12 heteroatoms. The normalized spacial score (nSPS) is 16.5. The Morgan fingerprint density at radius 1 is 1.03 bits per heavy atom. The van der Waals surface area contributed by atoms with Crippen LogP contribution in [0.2, 0.25) is 0 Å². The van der Waals surface area contributed by atoms with E-state index in [1.54, 1.807) is 6.20 Å². The van der Waals surface area contributed by atoms with Gasteiger partial charge in [0.15, 0.2) is 0 Å². The second kappa shape index (κ2) is 13.1. The van der Waals surface area contributed by atoms with Crippen molar-refractivity contribution in [2.24, 2.45) is 11.5 Å². The lowest BCUT2D eigenvalue weighted by Gasteiger charge is -2.04. The van der Waals surface area contributed by atoms with Crippen molar-refractivity contribution in [2.75, 3.05) is 6.54 Å². The van der Waals surface area contributed by atoms with Gasteiger partial charge in [-0.25, -0.2) is 4.98 Å². The molecule has 10 N–H and O–H groups in total. The van der Waals surface area contributed by atoms with E-state index in [9.17, 15) is 14.4 Å². The van der Waals surface area contributed by atoms with Gasteiger partial charge in [-0.15, -0.1) is 0 Å². The Morgan fingerprint density at radius 2 is 1.71 bits per heavy atom. The number of nitrogens with zero attached hydrogens (tertiary/aromatic N) is 1. The number of H-pyrrole nitrogens is 2. The number of carboxylic acid groups (broad SMARTS) is 3. The van der Waals surface area contributed by atoms with Gasteiger partial charge < -0.3 is 42.1 Å². The number of benzene rings is 1. The smallest absolute Gasteiger partial charge is 0.320 e. The van der Waals surface area contributed by atoms with Crippen molar-refractivity contribution in [1.29, 1.82) is 0 Å². The molecule has 3 aromatic rings. The minimum Gasteiger partial charge on any atom is -0.480 e. The SMILES string of the molecule is NC(Cc1c[nH]c2ccccc12)C(=O)O.NC(Cc1c[nH]cn1)C(=O)O.O=C(O)C1CCCN1. The number of nitrogens with two attached hydrogens (primary N) is 2. The third-order valence-electron chi connectivity index (χ3n) is 5.09. The van der Waals surface area contributed by atoms with Crippen LogP contribution in [0.4, 0.5) is 0 Å². The van der Waals surface area contributed by atoms with E-state index in [4.69, 9.17) is 26.8 Å². The lowest BCUT2D eigenvalue weighted by atomic mass is 10.1. The van der Waals surface area contributed by atoms with E-state index in [0.29, 0.717) is 12.1 Å². The summed E-state index contributed by atoms with van der Waals surface area (Å²) in [5, 5.41) is 29.4. The average Bonchev–Trinajstić information content (AvgIpc) is 3.57. The Morgan fingerprint density at radius 3 is 2.24 bits per heavy atom. The first-order chi connectivity index (χ1) is 16.2. The first kappa shape index (κ1) is 26.5. The Hall–Kier alpha value is -3.74. The maximum atomic E-state index is 10.6. The topological polar surface area (TPSA) is 220 Å². The fourth-order valence-corrected chi connectivity index (χ4v) is 3.24. The molecule has 2 aromatic heterocycles. The van der Waals surface area contributed by atoms with Crippen molar-refractivity contribution in [3.63, 3.8) is 0 Å². The number of hydrogen-bond donors (Lipinski definition) is 8. The number of fused-ring (bicyclic) bond motifs is 1. The summed E-state index contributed by atoms with van der Waals surface area (Å²) >= 11 is 0. The number of carboxylic acids is 3. The van der Waals surface area contributed by atoms with Crippen molar-refractivity contribution < 1.29 is 29.7 Å². The summed E-state index contributed by atoms with van der Waals surface area (Å²) in [5.41, 5.74) is 13.4. The van der Waals surface area contributed by atoms with Crippen LogP contribution in [0.15, 0.2) is 43.0 Å². The third kappa shape index (κ3) is 8.31. The van der Waals surface area contributed by atoms with Gasteiger partial charge in [-0.1, -0.05) is 18.2 Å². The Labute approximate surface area is 195 Å². The third-order valence-corrected chi connectivity index (χ3v) is 5.09. The second-order valence-corrected chi connectivity index (χ2v) is 7.70. The van der Waals surface area contributed by atoms with Gasteiger partial charge in [-0.05, 0) is 31.0 Å². The van der Waals surface area contributed by atoms with Gasteiger partial charge in [-0.3, -0.25) is 14.4 Å². The summed E-state index contributed by atoms with van der Waals surface area (Å²) in [6.07, 6.45) is 7.32. The average molecular weight is 475 g/mol. The summed E-state index contributed by atoms with van der Waals surface area (Å²) in [6.45, 7) is 0.858. The highest BCUT2D eigenvalue weighted by Gasteiger charge is 2.20. The van der Waals surface area contributed by atoms with E-state index in [2.05, 4.69) is 20.3 Å². The van der Waals surface area contributed by atoms with Crippen LogP contribution >= 0.6 is 0 Å². The van der Waals surface area contributed by atoms with Crippen molar-refractivity contribution in [3.8, 4) is 0 Å². The lowest BCUT2D eigenvalue weighted by molar-refractivity contribution is -0.139. The minimum atomic E-state index is -1.01. The molecule has 1 aliphatic heterocycles. The van der Waals surface area contributed by atoms with Crippen LogP contribution in [-0.2, 0) is 27.2 Å². The van der Waals surface area contributed by atoms with Gasteiger partial charge in [0.2, 0.25) is 0 Å². The van der Waals surface area contributed by atoms with E-state index in [1.165, 1.54) is 6.33 Å². The fourth-order valence-electron chi connectivity index (χ4n) is 3.24. The highest BCUT2D eigenvalue weighted by molar-refractivity contribution is 5.84. The number of aromatic nitrogens is 3. The molecule has 3 unspecified atom stereocenters. The van der Waals surface area contributed by atoms with Crippen LogP contribution in [0.25, 0.3) is 10.9 Å². The van der Waals surface area contributed by atoms with Crippen LogP contribution in [-0.4, -0.2) is 72.8 Å². The summed E-state index contributed by atoms with van der Waals surface area (Å²) in [4.78, 5) is 40.7. The Balaban J connectivity index is 0.000000190. The summed E-state index contributed by atoms with van der Waals surface area (Å²) in [6, 6.07) is 5.78. The van der Waals surface area contributed by atoms with Crippen LogP contribution in [0.5, 0.6) is 0 Å². The standard InChI is InChI=1S/C11H12N2O2.C6H9N3O2.C5H9NO2/c12-9(11(14)15)5-7-6-13-10-4-2-1-3-8(7)10;7-5(6(10)11)1-4-2-8-3-9-4;7-5(8)4-2-1-3-6-4/h1-4,6,9,13H,5,12H2,(H,14,15);2-3,5H,1,7H2,(H,8,9)(H,10,11);4,6H,1-3H2,(H,7,8). The quantitative estimate of drug-likeness (QED) is 0.234. The molecule has 4 rings (SSSR count). The zero-order chi connectivity index (χ0) is 25.1. The number of aromatic amines is 2. The van der Waals surface area contributed by atoms with Gasteiger partial charge in [0, 0.05) is 36.1 Å². The number of nitrogens with one attached hydrogen (secondary N) is 3. The number of imidazole rings is 1. The van der Waals surface area contributed by atoms with E-state index < -0.39 is 30.0 Å². The molecule has 0 saturated carbocycles. The van der Waals surface area contributed by atoms with Crippen LogP contribution in [0.3, 0.4) is 0 Å². The molecule has 0 bridgehead atoms. The lowest BCUT2D eigenvalue weighted by Crippen LogP contribution is -2.32. The predicted octanol–water partition coefficient (Wildman–Crippen LogP) is 0.309. The van der Waals surface area contributed by atoms with Gasteiger partial charge >= 0.3 is 17.9 Å². The zero-order valence-corrected chi connectivity index (χ0v) is 18.5. The van der Waals surface area contributed by atoms with Crippen molar-refractivity contribution in [3.05, 3.63) is 54.2 Å². The number of aliphatic carboxylic acids is 3. The van der Waals surface area contributed by atoms with Gasteiger partial charge in [0.1, 0.15) is 18.1 Å². The molecule has 0 spiro atoms. The van der Waals surface area contributed by atoms with E-state index in [0.717, 1.165) is 35.9 Å². The first-order valence-corrected chi connectivity index (χ1v) is 10.6. The predicted molar refractivity (Wildman–Crippen MR) is 124 cm³/mol. The highest BCUT2D eigenvalue weighted by atomic mass is 16.4. The van der Waals surface area contributed by atoms with Crippen molar-refractivity contribution >= 4 is 28.8 Å². The van der Waals surface area contributed by atoms with Crippen LogP contribution in [0.1, 0.15) is 24.1 Å². The molecule has 1 saturated heterocycles. The van der Waals surface area contributed by atoms with E-state index in [-0.39, 0.29) is 12.5 Å². The number of hydrogen-bond acceptors (Lipinski definition) is 7. The molecule has 34 heavy (non-hydrogen) atoms. The number of rotatable bonds is 7. The largest absolute Gasteiger partial charge is 0.480 e. The molecule has 1 aromatic carbocycles. The molecule has 1 aliphatic rings. The molecule has 1 fully saturated rings. The van der Waals surface area contributed by atoms with Crippen LogP contribution in [0, 0.1) is 0 Å². The van der Waals surface area contributed by atoms with Crippen molar-refractivity contribution in [2.45, 2.75) is 43.8 Å². The van der Waals surface area contributed by atoms with E-state index in [1.807, 2.05) is 30.5 Å². The molecule has 0 radical (unpaired) electrons. The minimum absolute atomic E-state index is 0.263. The summed E-state index contributed by atoms with van der Waals surface area (Å²) in [7, 11) is 0. The van der Waals surface area contributed by atoms with Crippen molar-refractivity contribution in [1.82, 2.24) is 20.3 Å². The molecular weight excluding hydrogens is 444 g/mol. The van der Waals surface area contributed by atoms with Gasteiger partial charge in [-0.2, -0.15) is 0 Å². The zero-order valence-electron chi connectivity index (χ0n) is 18.5. The summed E-state index contributed by atoms with van der Waals surface area (Å²) < 4.78 is 0. The molecule has 184 valence electrons. The molecule has 12 nitrogen and oxygen atoms in total. The van der Waals surface area contributed by atoms with Gasteiger partial charge in [0.25, 0.3) is 0 Å². The Bertz CT molecular complexity index is 1060. The molecular formula is C22H30N6O6. The molecule has 3 atom stereocenters. The highest BCUT2D eigenvalue weighted by Crippen LogP contribution is 2.18. The Kier molecular flexibility index (Phi) is 10.2. The first-order valence-electron chi connectivity index (χ1n) is 10.6. The number of para-hydroxylation sites is 1. The second-order valence-electron chi connectivity index (χ2n) is 7.70. The molecule has 0 aliphatic carbocycles. The molecule has 0 amide bonds. The number of carbonyl (C=O) groups is 3. The van der Waals surface area contributed by atoms with E-state index >= 15 is 0 Å². The van der Waals surface area contributed by atoms with Crippen LogP contribution < -0.4 is 16.8 Å². The maximum absolute atomic E-state index is 10.6. The maximum Gasteiger partial charge on any atom is 0.320 e. The fraction of sp³-hybridized carbons (Fsp3) is 0.364. The summed E-state index contributed by atoms with van der Waals surface area (Å²) in [5.74, 6) is -2.70. The monoisotopic (exact) mass is 474 g/mol. The van der Waals surface area contributed by atoms with Gasteiger partial charge in [0.05, 0.1) is 12.0 Å².